The van der Waals surface area contributed by atoms with Crippen molar-refractivity contribution in [2.75, 3.05) is 13.1 Å². The van der Waals surface area contributed by atoms with Crippen molar-refractivity contribution in [3.63, 3.8) is 0 Å². The lowest BCUT2D eigenvalue weighted by molar-refractivity contribution is 0.609. The molecule has 0 saturated heterocycles. The van der Waals surface area contributed by atoms with Crippen molar-refractivity contribution in [2.24, 2.45) is 4.99 Å². The lowest BCUT2D eigenvalue weighted by atomic mass is 10.00. The summed E-state index contributed by atoms with van der Waals surface area (Å²) in [6, 6.07) is 15.1. The number of unbranched alkanes of at least 4 members (excludes halogenated alkanes) is 1. The molecule has 1 heterocycles. The molecule has 3 aromatic rings. The number of nitrogens with one attached hydrogen (secondary N) is 2. The highest BCUT2D eigenvalue weighted by Gasteiger charge is 2.10. The second-order valence-electron chi connectivity index (χ2n) is 6.60. The Bertz CT molecular complexity index is 857. The first-order chi connectivity index (χ1) is 13.3. The van der Waals surface area contributed by atoms with Gasteiger partial charge in [0.1, 0.15) is 12.7 Å². The molecule has 0 spiro atoms. The van der Waals surface area contributed by atoms with E-state index in [1.807, 2.05) is 4.57 Å². The van der Waals surface area contributed by atoms with Crippen molar-refractivity contribution < 1.29 is 0 Å². The third-order valence-corrected chi connectivity index (χ3v) is 4.55. The predicted molar refractivity (Wildman–Crippen MR) is 126 cm³/mol. The number of hydrogen-bond acceptors (Lipinski definition) is 3. The molecule has 1 aromatic heterocycles. The Balaban J connectivity index is 0.00000280. The number of aliphatic imine (C=N–C) groups is 1. The predicted octanol–water partition coefficient (Wildman–Crippen LogP) is 4.15. The van der Waals surface area contributed by atoms with Crippen LogP contribution in [0.2, 0.25) is 0 Å². The monoisotopic (exact) mass is 492 g/mol. The van der Waals surface area contributed by atoms with E-state index in [2.05, 4.69) is 77.1 Å². The van der Waals surface area contributed by atoms with Crippen LogP contribution >= 0.6 is 24.0 Å². The van der Waals surface area contributed by atoms with Crippen molar-refractivity contribution in [1.82, 2.24) is 25.4 Å². The van der Waals surface area contributed by atoms with Gasteiger partial charge in [0.25, 0.3) is 0 Å². The number of fused-ring (bicyclic) bond motifs is 1. The summed E-state index contributed by atoms with van der Waals surface area (Å²) in [5, 5.41) is 17.1. The van der Waals surface area contributed by atoms with Gasteiger partial charge in [0, 0.05) is 19.6 Å². The van der Waals surface area contributed by atoms with E-state index in [9.17, 15) is 0 Å². The van der Waals surface area contributed by atoms with Gasteiger partial charge in [0.2, 0.25) is 0 Å². The molecule has 3 rings (SSSR count). The number of hydrogen-bond donors (Lipinski definition) is 2. The SMILES string of the molecule is CCNC(=NCCCCn1cnnc1)NC(C)c1cccc2ccccc12.I. The lowest BCUT2D eigenvalue weighted by Crippen LogP contribution is -2.38. The second kappa shape index (κ2) is 11.6. The van der Waals surface area contributed by atoms with Gasteiger partial charge in [-0.1, -0.05) is 42.5 Å². The largest absolute Gasteiger partial charge is 0.357 e. The minimum atomic E-state index is 0. The first-order valence-corrected chi connectivity index (χ1v) is 9.63. The molecular weight excluding hydrogens is 463 g/mol. The maximum atomic E-state index is 4.73. The minimum Gasteiger partial charge on any atom is -0.357 e. The molecule has 0 aliphatic rings. The van der Waals surface area contributed by atoms with Crippen molar-refractivity contribution in [2.45, 2.75) is 39.3 Å². The van der Waals surface area contributed by atoms with E-state index >= 15 is 0 Å². The summed E-state index contributed by atoms with van der Waals surface area (Å²) in [6.45, 7) is 6.83. The van der Waals surface area contributed by atoms with Crippen LogP contribution in [0.1, 0.15) is 38.3 Å². The molecule has 1 unspecified atom stereocenters. The number of rotatable bonds is 8. The summed E-state index contributed by atoms with van der Waals surface area (Å²) in [5.41, 5.74) is 1.28. The van der Waals surface area contributed by atoms with Crippen molar-refractivity contribution in [3.05, 3.63) is 60.7 Å². The highest BCUT2D eigenvalue weighted by Crippen LogP contribution is 2.23. The Hall–Kier alpha value is -2.16. The molecule has 0 fully saturated rings. The fourth-order valence-electron chi connectivity index (χ4n) is 3.17. The van der Waals surface area contributed by atoms with Gasteiger partial charge in [-0.2, -0.15) is 0 Å². The zero-order valence-electron chi connectivity index (χ0n) is 16.5. The summed E-state index contributed by atoms with van der Waals surface area (Å²) in [7, 11) is 0. The number of benzene rings is 2. The van der Waals surface area contributed by atoms with E-state index in [1.54, 1.807) is 12.7 Å². The van der Waals surface area contributed by atoms with E-state index in [0.717, 1.165) is 38.4 Å². The maximum Gasteiger partial charge on any atom is 0.191 e. The topological polar surface area (TPSA) is 67.1 Å². The number of aryl methyl sites for hydroxylation is 1. The quantitative estimate of drug-likeness (QED) is 0.215. The van der Waals surface area contributed by atoms with Crippen LogP contribution in [-0.4, -0.2) is 33.8 Å². The zero-order valence-corrected chi connectivity index (χ0v) is 18.8. The Labute approximate surface area is 183 Å². The molecule has 2 N–H and O–H groups in total. The highest BCUT2D eigenvalue weighted by atomic mass is 127. The minimum absolute atomic E-state index is 0. The number of guanidine groups is 1. The molecule has 28 heavy (non-hydrogen) atoms. The Morgan fingerprint density at radius 2 is 1.82 bits per heavy atom. The van der Waals surface area contributed by atoms with Gasteiger partial charge in [-0.05, 0) is 43.0 Å². The Morgan fingerprint density at radius 3 is 2.61 bits per heavy atom. The van der Waals surface area contributed by atoms with Gasteiger partial charge >= 0.3 is 0 Å². The van der Waals surface area contributed by atoms with Gasteiger partial charge in [-0.3, -0.25) is 4.99 Å². The van der Waals surface area contributed by atoms with Gasteiger partial charge in [0.15, 0.2) is 5.96 Å². The standard InChI is InChI=1S/C21H28N6.HI/c1-3-22-21(23-13-6-7-14-27-15-24-25-16-27)26-17(2)19-12-8-10-18-9-4-5-11-20(18)19;/h4-5,8-12,15-17H,3,6-7,13-14H2,1-2H3,(H2,22,23,26);1H. The average molecular weight is 492 g/mol. The van der Waals surface area contributed by atoms with Crippen LogP contribution in [0, 0.1) is 0 Å². The van der Waals surface area contributed by atoms with Crippen LogP contribution in [-0.2, 0) is 6.54 Å². The normalized spacial score (nSPS) is 12.4. The molecular formula is C21H29IN6. The molecule has 0 bridgehead atoms. The zero-order chi connectivity index (χ0) is 18.9. The summed E-state index contributed by atoms with van der Waals surface area (Å²) in [6.07, 6.45) is 5.58. The van der Waals surface area contributed by atoms with Crippen LogP contribution in [0.4, 0.5) is 0 Å². The van der Waals surface area contributed by atoms with E-state index in [0.29, 0.717) is 0 Å². The lowest BCUT2D eigenvalue weighted by Gasteiger charge is -2.19. The average Bonchev–Trinajstić information content (AvgIpc) is 3.21. The van der Waals surface area contributed by atoms with Crippen LogP contribution < -0.4 is 10.6 Å². The van der Waals surface area contributed by atoms with Crippen LogP contribution in [0.25, 0.3) is 10.8 Å². The molecule has 0 amide bonds. The summed E-state index contributed by atoms with van der Waals surface area (Å²) < 4.78 is 2.00. The Morgan fingerprint density at radius 1 is 1.07 bits per heavy atom. The number of halogens is 1. The Kier molecular flexibility index (Phi) is 9.19. The molecule has 1 atom stereocenters. The third kappa shape index (κ3) is 6.19. The van der Waals surface area contributed by atoms with Crippen LogP contribution in [0.3, 0.4) is 0 Å². The van der Waals surface area contributed by atoms with E-state index in [4.69, 9.17) is 4.99 Å². The maximum absolute atomic E-state index is 4.73. The first-order valence-electron chi connectivity index (χ1n) is 9.63. The van der Waals surface area contributed by atoms with Crippen molar-refractivity contribution in [3.8, 4) is 0 Å². The van der Waals surface area contributed by atoms with E-state index < -0.39 is 0 Å². The fraction of sp³-hybridized carbons (Fsp3) is 0.381. The van der Waals surface area contributed by atoms with Crippen LogP contribution in [0.5, 0.6) is 0 Å². The number of nitrogens with zero attached hydrogens (tertiary/aromatic N) is 4. The fourth-order valence-corrected chi connectivity index (χ4v) is 3.17. The molecule has 0 saturated carbocycles. The van der Waals surface area contributed by atoms with Gasteiger partial charge in [-0.15, -0.1) is 34.2 Å². The van der Waals surface area contributed by atoms with Crippen molar-refractivity contribution in [1.29, 1.82) is 0 Å². The van der Waals surface area contributed by atoms with Gasteiger partial charge < -0.3 is 15.2 Å². The van der Waals surface area contributed by atoms with E-state index in [1.165, 1.54) is 16.3 Å². The van der Waals surface area contributed by atoms with Gasteiger partial charge in [0.05, 0.1) is 6.04 Å². The molecule has 7 heteroatoms. The van der Waals surface area contributed by atoms with Gasteiger partial charge in [-0.25, -0.2) is 0 Å². The molecule has 2 aromatic carbocycles. The summed E-state index contributed by atoms with van der Waals surface area (Å²) >= 11 is 0. The first kappa shape index (κ1) is 22.1. The van der Waals surface area contributed by atoms with Crippen molar-refractivity contribution >= 4 is 40.7 Å². The second-order valence-corrected chi connectivity index (χ2v) is 6.60. The molecule has 0 aliphatic heterocycles. The summed E-state index contributed by atoms with van der Waals surface area (Å²) in [5.74, 6) is 0.863. The molecule has 0 aliphatic carbocycles. The summed E-state index contributed by atoms with van der Waals surface area (Å²) in [4.78, 5) is 4.73. The molecule has 6 nitrogen and oxygen atoms in total. The smallest absolute Gasteiger partial charge is 0.191 e. The third-order valence-electron chi connectivity index (χ3n) is 4.55. The van der Waals surface area contributed by atoms with Crippen LogP contribution in [0.15, 0.2) is 60.1 Å². The highest BCUT2D eigenvalue weighted by molar-refractivity contribution is 14.0. The number of aromatic nitrogens is 3. The molecule has 0 radical (unpaired) electrons. The molecule has 150 valence electrons. The van der Waals surface area contributed by atoms with E-state index in [-0.39, 0.29) is 30.0 Å².